The summed E-state index contributed by atoms with van der Waals surface area (Å²) < 4.78 is 0. The minimum absolute atomic E-state index is 0.0871. The molecule has 2 aliphatic rings. The zero-order chi connectivity index (χ0) is 23.2. The van der Waals surface area contributed by atoms with Gasteiger partial charge in [0, 0.05) is 17.3 Å². The zero-order valence-corrected chi connectivity index (χ0v) is 20.9. The fourth-order valence-corrected chi connectivity index (χ4v) is 5.94. The van der Waals surface area contributed by atoms with Crippen molar-refractivity contribution in [2.24, 2.45) is 4.99 Å². The van der Waals surface area contributed by atoms with Crippen molar-refractivity contribution in [2.75, 3.05) is 4.90 Å². The van der Waals surface area contributed by atoms with Gasteiger partial charge < -0.3 is 10.2 Å². The molecule has 0 aromatic heterocycles. The van der Waals surface area contributed by atoms with Gasteiger partial charge in [-0.15, -0.1) is 0 Å². The van der Waals surface area contributed by atoms with Crippen molar-refractivity contribution >= 4 is 40.3 Å². The molecule has 1 fully saturated rings. The highest BCUT2D eigenvalue weighted by atomic mass is 32.2. The summed E-state index contributed by atoms with van der Waals surface area (Å²) in [4.78, 5) is 20.5. The number of benzene rings is 2. The van der Waals surface area contributed by atoms with Crippen molar-refractivity contribution < 1.29 is 4.79 Å². The van der Waals surface area contributed by atoms with E-state index in [1.54, 1.807) is 0 Å². The Morgan fingerprint density at radius 1 is 1.19 bits per heavy atom. The van der Waals surface area contributed by atoms with Gasteiger partial charge in [0.1, 0.15) is 0 Å². The van der Waals surface area contributed by atoms with Crippen LogP contribution in [0.25, 0.3) is 6.08 Å². The quantitative estimate of drug-likeness (QED) is 0.533. The highest BCUT2D eigenvalue weighted by Gasteiger charge is 2.38. The number of amides is 1. The average Bonchev–Trinajstić information content (AvgIpc) is 3.02. The first-order chi connectivity index (χ1) is 15.0. The van der Waals surface area contributed by atoms with E-state index in [-0.39, 0.29) is 11.4 Å². The Kier molecular flexibility index (Phi) is 5.97. The summed E-state index contributed by atoms with van der Waals surface area (Å²) in [6.45, 7) is 15.7. The molecule has 1 N–H and O–H groups in total. The molecule has 1 amide bonds. The number of nitrogens with one attached hydrogen (secondary N) is 1. The molecule has 2 aliphatic heterocycles. The second-order valence-corrected chi connectivity index (χ2v) is 11.0. The van der Waals surface area contributed by atoms with Crippen LogP contribution in [0.3, 0.4) is 0 Å². The number of nitrogens with zero attached hydrogens (tertiary/aromatic N) is 2. The molecule has 4 nitrogen and oxygen atoms in total. The number of aryl methyl sites for hydroxylation is 2. The lowest BCUT2D eigenvalue weighted by Crippen LogP contribution is -2.51. The lowest BCUT2D eigenvalue weighted by molar-refractivity contribution is -0.115. The molecule has 32 heavy (non-hydrogen) atoms. The van der Waals surface area contributed by atoms with Crippen LogP contribution in [-0.4, -0.2) is 22.7 Å². The number of carbonyl (C=O) groups excluding carboxylic acids is 1. The maximum absolute atomic E-state index is 12.6. The van der Waals surface area contributed by atoms with Gasteiger partial charge in [0.25, 0.3) is 5.91 Å². The minimum Gasteiger partial charge on any atom is -0.364 e. The van der Waals surface area contributed by atoms with E-state index >= 15 is 0 Å². The average molecular weight is 448 g/mol. The molecule has 5 heteroatoms. The highest BCUT2D eigenvalue weighted by Crippen LogP contribution is 2.45. The van der Waals surface area contributed by atoms with E-state index in [4.69, 9.17) is 0 Å². The third-order valence-corrected chi connectivity index (χ3v) is 7.29. The summed E-state index contributed by atoms with van der Waals surface area (Å²) in [6, 6.07) is 13.0. The summed E-state index contributed by atoms with van der Waals surface area (Å²) >= 11 is 1.40. The first-order valence-corrected chi connectivity index (χ1v) is 12.2. The van der Waals surface area contributed by atoms with Gasteiger partial charge in [0.2, 0.25) is 0 Å². The Bertz CT molecular complexity index is 1110. The predicted molar refractivity (Wildman–Crippen MR) is 138 cm³/mol. The largest absolute Gasteiger partial charge is 0.364 e. The smallest absolute Gasteiger partial charge is 0.264 e. The maximum atomic E-state index is 12.6. The van der Waals surface area contributed by atoms with Gasteiger partial charge in [-0.3, -0.25) is 4.79 Å². The number of fused-ring (bicyclic) bond motifs is 1. The van der Waals surface area contributed by atoms with Crippen LogP contribution >= 0.6 is 11.8 Å². The van der Waals surface area contributed by atoms with Crippen molar-refractivity contribution in [3.63, 3.8) is 0 Å². The Morgan fingerprint density at radius 2 is 1.88 bits per heavy atom. The topological polar surface area (TPSA) is 44.7 Å². The van der Waals surface area contributed by atoms with E-state index in [1.807, 2.05) is 37.3 Å². The number of aliphatic imine (C=N–C) groups is 1. The van der Waals surface area contributed by atoms with Crippen molar-refractivity contribution in [1.29, 1.82) is 0 Å². The maximum Gasteiger partial charge on any atom is 0.264 e. The van der Waals surface area contributed by atoms with Gasteiger partial charge in [-0.05, 0) is 113 Å². The summed E-state index contributed by atoms with van der Waals surface area (Å²) in [5.41, 5.74) is 7.14. The minimum atomic E-state index is -0.0871. The fourth-order valence-electron chi connectivity index (χ4n) is 5.11. The molecular weight excluding hydrogens is 414 g/mol. The van der Waals surface area contributed by atoms with Gasteiger partial charge in [-0.2, -0.15) is 0 Å². The molecule has 1 saturated heterocycles. The van der Waals surface area contributed by atoms with Crippen LogP contribution in [0.2, 0.25) is 0 Å². The van der Waals surface area contributed by atoms with E-state index in [1.165, 1.54) is 34.1 Å². The number of amidine groups is 1. The molecule has 2 heterocycles. The van der Waals surface area contributed by atoms with Crippen molar-refractivity contribution in [1.82, 2.24) is 5.32 Å². The van der Waals surface area contributed by atoms with Crippen LogP contribution < -0.4 is 10.2 Å². The van der Waals surface area contributed by atoms with Gasteiger partial charge in [0.05, 0.1) is 10.6 Å². The molecule has 0 aliphatic carbocycles. The molecule has 2 aromatic carbocycles. The summed E-state index contributed by atoms with van der Waals surface area (Å²) in [5, 5.41) is 3.53. The van der Waals surface area contributed by atoms with Crippen LogP contribution in [0, 0.1) is 13.8 Å². The van der Waals surface area contributed by atoms with Crippen LogP contribution in [0.1, 0.15) is 69.2 Å². The molecule has 0 radical (unpaired) electrons. The first-order valence-electron chi connectivity index (χ1n) is 11.4. The van der Waals surface area contributed by atoms with E-state index in [9.17, 15) is 4.79 Å². The predicted octanol–water partition coefficient (Wildman–Crippen LogP) is 6.70. The second kappa shape index (κ2) is 8.43. The van der Waals surface area contributed by atoms with E-state index in [2.05, 4.69) is 68.9 Å². The third kappa shape index (κ3) is 4.36. The molecule has 1 atom stereocenters. The SMILES string of the molecule is Cc1ccc(N=C2NC(=O)/C(=C/c3cc4c(cc3C)N(C(C)C)C(C)(C)C[C@@H]4C)S2)cc1. The number of hydrogen-bond donors (Lipinski definition) is 1. The van der Waals surface area contributed by atoms with E-state index in [0.29, 0.717) is 22.0 Å². The number of hydrogen-bond acceptors (Lipinski definition) is 4. The summed E-state index contributed by atoms with van der Waals surface area (Å²) in [5.74, 6) is 0.382. The molecule has 168 valence electrons. The van der Waals surface area contributed by atoms with Crippen LogP contribution in [0.5, 0.6) is 0 Å². The highest BCUT2D eigenvalue weighted by molar-refractivity contribution is 8.18. The van der Waals surface area contributed by atoms with Crippen LogP contribution in [-0.2, 0) is 4.79 Å². The Labute approximate surface area is 196 Å². The lowest BCUT2D eigenvalue weighted by Gasteiger charge is -2.50. The molecular formula is C27H33N3OS. The zero-order valence-electron chi connectivity index (χ0n) is 20.1. The number of rotatable bonds is 3. The number of carbonyl (C=O) groups is 1. The van der Waals surface area contributed by atoms with Crippen LogP contribution in [0.4, 0.5) is 11.4 Å². The van der Waals surface area contributed by atoms with Crippen molar-refractivity contribution in [2.45, 2.75) is 72.4 Å². The third-order valence-electron chi connectivity index (χ3n) is 6.38. The fraction of sp³-hybridized carbons (Fsp3) is 0.407. The number of thioether (sulfide) groups is 1. The molecule has 2 aromatic rings. The lowest BCUT2D eigenvalue weighted by atomic mass is 9.78. The second-order valence-electron chi connectivity index (χ2n) is 9.97. The Hall–Kier alpha value is -2.53. The van der Waals surface area contributed by atoms with Gasteiger partial charge in [0.15, 0.2) is 5.17 Å². The first kappa shape index (κ1) is 22.7. The molecule has 0 bridgehead atoms. The summed E-state index contributed by atoms with van der Waals surface area (Å²) in [7, 11) is 0. The molecule has 0 spiro atoms. The molecule has 4 rings (SSSR count). The molecule has 0 saturated carbocycles. The van der Waals surface area contributed by atoms with Crippen molar-refractivity contribution in [3.05, 3.63) is 63.6 Å². The Morgan fingerprint density at radius 3 is 2.53 bits per heavy atom. The van der Waals surface area contributed by atoms with Gasteiger partial charge >= 0.3 is 0 Å². The standard InChI is InChI=1S/C27H33N3OS/c1-16(2)30-23-12-18(4)20(13-22(23)19(5)15-27(30,6)7)14-24-25(31)29-26(32-24)28-21-10-8-17(3)9-11-21/h8-14,16,19H,15H2,1-7H3,(H,28,29,31)/b24-14-/t19-/m0/s1. The molecule has 0 unspecified atom stereocenters. The summed E-state index contributed by atoms with van der Waals surface area (Å²) in [6.07, 6.45) is 3.12. The van der Waals surface area contributed by atoms with E-state index in [0.717, 1.165) is 17.7 Å². The number of anilines is 1. The monoisotopic (exact) mass is 447 g/mol. The van der Waals surface area contributed by atoms with Crippen LogP contribution in [0.15, 0.2) is 46.3 Å². The van der Waals surface area contributed by atoms with Gasteiger partial charge in [-0.1, -0.05) is 24.6 Å². The Balaban J connectivity index is 1.67. The normalized spacial score (nSPS) is 22.6. The van der Waals surface area contributed by atoms with E-state index < -0.39 is 0 Å². The van der Waals surface area contributed by atoms with Crippen molar-refractivity contribution in [3.8, 4) is 0 Å². The van der Waals surface area contributed by atoms with Gasteiger partial charge in [-0.25, -0.2) is 4.99 Å².